The minimum absolute atomic E-state index is 0. The van der Waals surface area contributed by atoms with Gasteiger partial charge in [0.1, 0.15) is 5.75 Å². The van der Waals surface area contributed by atoms with Gasteiger partial charge in [0.15, 0.2) is 5.96 Å². The third kappa shape index (κ3) is 5.78. The zero-order valence-electron chi connectivity index (χ0n) is 15.4. The Labute approximate surface area is 181 Å². The Kier molecular flexibility index (Phi) is 8.28. The Morgan fingerprint density at radius 2 is 2.19 bits per heavy atom. The zero-order valence-corrected chi connectivity index (χ0v) is 18.5. The van der Waals surface area contributed by atoms with Crippen LogP contribution in [0, 0.1) is 0 Å². The van der Waals surface area contributed by atoms with Crippen molar-refractivity contribution in [1.82, 2.24) is 10.2 Å². The molecular formula is C18H26ClIN4O3. The number of amides is 1. The third-order valence-electron chi connectivity index (χ3n) is 4.62. The number of nitrogens with two attached hydrogens (primary N) is 1. The summed E-state index contributed by atoms with van der Waals surface area (Å²) in [5.41, 5.74) is 8.11. The summed E-state index contributed by atoms with van der Waals surface area (Å²) in [6, 6.07) is 4.02. The highest BCUT2D eigenvalue weighted by atomic mass is 127. The Bertz CT molecular complexity index is 693. The molecule has 2 aliphatic heterocycles. The number of piperidine rings is 1. The largest absolute Gasteiger partial charge is 0.493 e. The molecular weight excluding hydrogens is 483 g/mol. The maximum Gasteiger partial charge on any atom is 0.409 e. The Morgan fingerprint density at radius 3 is 2.89 bits per heavy atom. The van der Waals surface area contributed by atoms with Gasteiger partial charge in [-0.25, -0.2) is 9.79 Å². The van der Waals surface area contributed by atoms with Gasteiger partial charge in [0.05, 0.1) is 19.8 Å². The van der Waals surface area contributed by atoms with Crippen molar-refractivity contribution < 1.29 is 14.3 Å². The molecule has 9 heteroatoms. The van der Waals surface area contributed by atoms with Crippen LogP contribution in [0.1, 0.15) is 30.9 Å². The average Bonchev–Trinajstić information content (AvgIpc) is 3.09. The van der Waals surface area contributed by atoms with Gasteiger partial charge in [0.2, 0.25) is 0 Å². The Morgan fingerprint density at radius 1 is 1.44 bits per heavy atom. The number of fused-ring (bicyclic) bond motifs is 1. The van der Waals surface area contributed by atoms with Crippen LogP contribution in [0.25, 0.3) is 0 Å². The molecule has 2 aliphatic rings. The molecule has 7 nitrogen and oxygen atoms in total. The smallest absolute Gasteiger partial charge is 0.409 e. The quantitative estimate of drug-likeness (QED) is 0.371. The summed E-state index contributed by atoms with van der Waals surface area (Å²) >= 11 is 6.17. The van der Waals surface area contributed by atoms with Crippen LogP contribution in [0.3, 0.4) is 0 Å². The van der Waals surface area contributed by atoms with Crippen LogP contribution in [0.4, 0.5) is 4.79 Å². The monoisotopic (exact) mass is 508 g/mol. The van der Waals surface area contributed by atoms with Crippen LogP contribution in [-0.2, 0) is 17.7 Å². The molecule has 0 atom stereocenters. The third-order valence-corrected chi connectivity index (χ3v) is 4.84. The number of nitrogens with one attached hydrogen (secondary N) is 1. The summed E-state index contributed by atoms with van der Waals surface area (Å²) < 4.78 is 10.7. The summed E-state index contributed by atoms with van der Waals surface area (Å²) in [6.07, 6.45) is 2.25. The summed E-state index contributed by atoms with van der Waals surface area (Å²) in [5.74, 6) is 1.28. The fraction of sp³-hybridized carbons (Fsp3) is 0.556. The van der Waals surface area contributed by atoms with Crippen LogP contribution in [0.2, 0.25) is 5.02 Å². The maximum absolute atomic E-state index is 11.7. The second-order valence-corrected chi connectivity index (χ2v) is 6.89. The predicted octanol–water partition coefficient (Wildman–Crippen LogP) is 2.92. The zero-order chi connectivity index (χ0) is 18.5. The molecule has 1 amide bonds. The first-order valence-electron chi connectivity index (χ1n) is 8.99. The lowest BCUT2D eigenvalue weighted by atomic mass is 10.1. The molecule has 1 saturated heterocycles. The van der Waals surface area contributed by atoms with E-state index in [1.54, 1.807) is 4.90 Å². The van der Waals surface area contributed by atoms with E-state index >= 15 is 0 Å². The number of guanidine groups is 1. The van der Waals surface area contributed by atoms with Gasteiger partial charge in [0, 0.05) is 36.1 Å². The molecule has 1 fully saturated rings. The number of rotatable bonds is 4. The lowest BCUT2D eigenvalue weighted by molar-refractivity contribution is 0.0963. The number of halogens is 2. The number of hydrogen-bond acceptors (Lipinski definition) is 4. The normalized spacial score (nSPS) is 17.0. The van der Waals surface area contributed by atoms with Crippen molar-refractivity contribution in [3.8, 4) is 5.75 Å². The van der Waals surface area contributed by atoms with Crippen LogP contribution < -0.4 is 15.8 Å². The predicted molar refractivity (Wildman–Crippen MR) is 116 cm³/mol. The summed E-state index contributed by atoms with van der Waals surface area (Å²) in [5, 5.41) is 3.93. The minimum Gasteiger partial charge on any atom is -0.493 e. The van der Waals surface area contributed by atoms with Crippen molar-refractivity contribution in [1.29, 1.82) is 0 Å². The highest BCUT2D eigenvalue weighted by Gasteiger charge is 2.24. The van der Waals surface area contributed by atoms with Crippen molar-refractivity contribution in [2.75, 3.05) is 26.3 Å². The van der Waals surface area contributed by atoms with E-state index in [0.29, 0.717) is 43.8 Å². The van der Waals surface area contributed by atoms with E-state index in [9.17, 15) is 4.79 Å². The lowest BCUT2D eigenvalue weighted by Crippen LogP contribution is -2.48. The number of benzene rings is 1. The van der Waals surface area contributed by atoms with Gasteiger partial charge < -0.3 is 25.4 Å². The highest BCUT2D eigenvalue weighted by Crippen LogP contribution is 2.33. The maximum atomic E-state index is 11.7. The molecule has 0 radical (unpaired) electrons. The van der Waals surface area contributed by atoms with Gasteiger partial charge in [-0.15, -0.1) is 24.0 Å². The first-order valence-corrected chi connectivity index (χ1v) is 9.37. The van der Waals surface area contributed by atoms with E-state index in [2.05, 4.69) is 10.3 Å². The lowest BCUT2D eigenvalue weighted by Gasteiger charge is -2.31. The van der Waals surface area contributed by atoms with E-state index in [0.717, 1.165) is 36.1 Å². The van der Waals surface area contributed by atoms with E-state index in [-0.39, 0.29) is 36.1 Å². The van der Waals surface area contributed by atoms with Gasteiger partial charge in [-0.3, -0.25) is 0 Å². The highest BCUT2D eigenvalue weighted by molar-refractivity contribution is 14.0. The molecule has 3 rings (SSSR count). The van der Waals surface area contributed by atoms with E-state index in [1.807, 2.05) is 19.1 Å². The molecule has 0 saturated carbocycles. The number of nitrogens with zero attached hydrogens (tertiary/aromatic N) is 2. The van der Waals surface area contributed by atoms with E-state index < -0.39 is 0 Å². The molecule has 1 aromatic carbocycles. The number of carbonyl (C=O) groups is 1. The Balaban J connectivity index is 0.00000261. The SMILES string of the molecule is CCOC(=O)N1CCC(NC(N)=NCc2cc(Cl)cc3c2OCC3)CC1.I. The van der Waals surface area contributed by atoms with Crippen LogP contribution in [0.5, 0.6) is 5.75 Å². The minimum atomic E-state index is -0.248. The van der Waals surface area contributed by atoms with Gasteiger partial charge in [-0.05, 0) is 37.5 Å². The molecule has 150 valence electrons. The number of likely N-dealkylation sites (tertiary alicyclic amines) is 1. The van der Waals surface area contributed by atoms with Gasteiger partial charge >= 0.3 is 6.09 Å². The molecule has 1 aromatic rings. The Hall–Kier alpha value is -1.42. The fourth-order valence-corrected chi connectivity index (χ4v) is 3.57. The van der Waals surface area contributed by atoms with Gasteiger partial charge in [-0.1, -0.05) is 11.6 Å². The molecule has 0 bridgehead atoms. The molecule has 0 aliphatic carbocycles. The summed E-state index contributed by atoms with van der Waals surface area (Å²) in [4.78, 5) is 17.9. The molecule has 2 heterocycles. The van der Waals surface area contributed by atoms with Crippen molar-refractivity contribution >= 4 is 47.6 Å². The van der Waals surface area contributed by atoms with Crippen molar-refractivity contribution in [2.45, 2.75) is 38.8 Å². The number of carbonyl (C=O) groups excluding carboxylic acids is 1. The molecule has 3 N–H and O–H groups in total. The number of ether oxygens (including phenoxy) is 2. The molecule has 0 unspecified atom stereocenters. The van der Waals surface area contributed by atoms with E-state index in [1.165, 1.54) is 0 Å². The van der Waals surface area contributed by atoms with E-state index in [4.69, 9.17) is 26.8 Å². The number of hydrogen-bond donors (Lipinski definition) is 2. The average molecular weight is 509 g/mol. The van der Waals surface area contributed by atoms with Gasteiger partial charge in [0.25, 0.3) is 0 Å². The number of aliphatic imine (C=N–C) groups is 1. The van der Waals surface area contributed by atoms with Crippen molar-refractivity contribution in [3.05, 3.63) is 28.3 Å². The van der Waals surface area contributed by atoms with Crippen molar-refractivity contribution in [2.24, 2.45) is 10.7 Å². The molecule has 27 heavy (non-hydrogen) atoms. The van der Waals surface area contributed by atoms with Crippen LogP contribution in [-0.4, -0.2) is 49.3 Å². The summed E-state index contributed by atoms with van der Waals surface area (Å²) in [7, 11) is 0. The first kappa shape index (κ1) is 21.9. The standard InChI is InChI=1S/C18H25ClN4O3.HI/c1-2-25-18(24)23-6-3-15(4-7-23)22-17(20)21-11-13-10-14(19)9-12-5-8-26-16(12)13;/h9-10,15H,2-8,11H2,1H3,(H3,20,21,22);1H. The first-order chi connectivity index (χ1) is 12.6. The second kappa shape index (κ2) is 10.2. The van der Waals surface area contributed by atoms with Crippen molar-refractivity contribution in [3.63, 3.8) is 0 Å². The van der Waals surface area contributed by atoms with Crippen LogP contribution >= 0.6 is 35.6 Å². The van der Waals surface area contributed by atoms with Gasteiger partial charge in [-0.2, -0.15) is 0 Å². The second-order valence-electron chi connectivity index (χ2n) is 6.46. The molecule has 0 spiro atoms. The fourth-order valence-electron chi connectivity index (χ4n) is 3.31. The molecule has 0 aromatic heterocycles. The topological polar surface area (TPSA) is 89.2 Å². The summed E-state index contributed by atoms with van der Waals surface area (Å²) in [6.45, 7) is 4.61. The van der Waals surface area contributed by atoms with Crippen LogP contribution in [0.15, 0.2) is 17.1 Å².